The van der Waals surface area contributed by atoms with Gasteiger partial charge in [0, 0.05) is 11.1 Å². The predicted molar refractivity (Wildman–Crippen MR) is 85.9 cm³/mol. The van der Waals surface area contributed by atoms with Gasteiger partial charge in [0.2, 0.25) is 0 Å². The van der Waals surface area contributed by atoms with E-state index in [9.17, 15) is 0 Å². The number of halogens is 1. The first-order chi connectivity index (χ1) is 9.13. The van der Waals surface area contributed by atoms with E-state index in [-0.39, 0.29) is 0 Å². The molecule has 0 saturated heterocycles. The van der Waals surface area contributed by atoms with Crippen LogP contribution in [0.3, 0.4) is 0 Å². The minimum Gasteiger partial charge on any atom is -0.310 e. The molecule has 0 spiro atoms. The molecule has 0 radical (unpaired) electrons. The Morgan fingerprint density at radius 3 is 2.47 bits per heavy atom. The summed E-state index contributed by atoms with van der Waals surface area (Å²) in [7, 11) is 0. The van der Waals surface area contributed by atoms with Crippen molar-refractivity contribution in [1.29, 1.82) is 0 Å². The van der Waals surface area contributed by atoms with E-state index in [0.29, 0.717) is 12.0 Å². The smallest absolute Gasteiger partial charge is 0.0438 e. The lowest BCUT2D eigenvalue weighted by molar-refractivity contribution is 0.328. The van der Waals surface area contributed by atoms with Crippen LogP contribution in [0.5, 0.6) is 0 Å². The van der Waals surface area contributed by atoms with Crippen LogP contribution in [0.1, 0.15) is 63.6 Å². The second kappa shape index (κ2) is 8.60. The molecule has 0 aliphatic heterocycles. The molecule has 0 amide bonds. The van der Waals surface area contributed by atoms with Crippen LogP contribution in [-0.2, 0) is 0 Å². The van der Waals surface area contributed by atoms with Crippen LogP contribution in [0.15, 0.2) is 18.2 Å². The predicted octanol–water partition coefficient (Wildman–Crippen LogP) is 5.52. The van der Waals surface area contributed by atoms with Crippen molar-refractivity contribution in [3.05, 3.63) is 34.3 Å². The Hall–Kier alpha value is -0.530. The lowest BCUT2D eigenvalue weighted by Gasteiger charge is -2.28. The van der Waals surface area contributed by atoms with E-state index in [2.05, 4.69) is 51.2 Å². The van der Waals surface area contributed by atoms with Crippen molar-refractivity contribution in [2.45, 2.75) is 59.4 Å². The Bertz CT molecular complexity index is 376. The average molecular weight is 282 g/mol. The standard InChI is InChI=1S/C17H28ClN/c1-5-8-9-14(6-2)17(19-7-3)15-11-10-13(4)16(18)12-15/h10-12,14,17,19H,5-9H2,1-4H3. The van der Waals surface area contributed by atoms with Gasteiger partial charge in [-0.15, -0.1) is 0 Å². The van der Waals surface area contributed by atoms with Gasteiger partial charge in [-0.25, -0.2) is 0 Å². The van der Waals surface area contributed by atoms with Crippen molar-refractivity contribution >= 4 is 11.6 Å². The van der Waals surface area contributed by atoms with E-state index in [0.717, 1.165) is 17.1 Å². The van der Waals surface area contributed by atoms with E-state index in [1.54, 1.807) is 0 Å². The maximum absolute atomic E-state index is 6.28. The van der Waals surface area contributed by atoms with E-state index < -0.39 is 0 Å². The van der Waals surface area contributed by atoms with E-state index >= 15 is 0 Å². The van der Waals surface area contributed by atoms with E-state index in [1.807, 2.05) is 0 Å². The van der Waals surface area contributed by atoms with Gasteiger partial charge in [0.05, 0.1) is 0 Å². The van der Waals surface area contributed by atoms with Crippen LogP contribution in [0.25, 0.3) is 0 Å². The molecule has 2 atom stereocenters. The largest absolute Gasteiger partial charge is 0.310 e. The zero-order chi connectivity index (χ0) is 14.3. The summed E-state index contributed by atoms with van der Waals surface area (Å²) in [5.41, 5.74) is 2.49. The summed E-state index contributed by atoms with van der Waals surface area (Å²) in [5.74, 6) is 0.693. The summed E-state index contributed by atoms with van der Waals surface area (Å²) in [6, 6.07) is 6.93. The van der Waals surface area contributed by atoms with Gasteiger partial charge < -0.3 is 5.32 Å². The van der Waals surface area contributed by atoms with Gasteiger partial charge in [-0.05, 0) is 43.0 Å². The molecule has 1 nitrogen and oxygen atoms in total. The fourth-order valence-electron chi connectivity index (χ4n) is 2.65. The van der Waals surface area contributed by atoms with Gasteiger partial charge in [0.25, 0.3) is 0 Å². The molecular weight excluding hydrogens is 254 g/mol. The minimum absolute atomic E-state index is 0.430. The maximum atomic E-state index is 6.28. The van der Waals surface area contributed by atoms with E-state index in [4.69, 9.17) is 11.6 Å². The number of benzene rings is 1. The minimum atomic E-state index is 0.430. The van der Waals surface area contributed by atoms with Crippen LogP contribution in [0.4, 0.5) is 0 Å². The monoisotopic (exact) mass is 281 g/mol. The number of hydrogen-bond donors (Lipinski definition) is 1. The third-order valence-electron chi connectivity index (χ3n) is 3.90. The molecule has 19 heavy (non-hydrogen) atoms. The van der Waals surface area contributed by atoms with Gasteiger partial charge in [0.15, 0.2) is 0 Å². The molecule has 0 saturated carbocycles. The first-order valence-electron chi connectivity index (χ1n) is 7.63. The lowest BCUT2D eigenvalue weighted by atomic mass is 9.86. The van der Waals surface area contributed by atoms with Crippen molar-refractivity contribution in [1.82, 2.24) is 5.32 Å². The molecule has 0 aromatic heterocycles. The molecule has 0 bridgehead atoms. The fourth-order valence-corrected chi connectivity index (χ4v) is 2.84. The first kappa shape index (κ1) is 16.5. The summed E-state index contributed by atoms with van der Waals surface area (Å²) in [6.07, 6.45) is 5.07. The van der Waals surface area contributed by atoms with Crippen molar-refractivity contribution in [2.24, 2.45) is 5.92 Å². The van der Waals surface area contributed by atoms with Crippen molar-refractivity contribution in [2.75, 3.05) is 6.54 Å². The second-order valence-electron chi connectivity index (χ2n) is 5.35. The zero-order valence-corrected chi connectivity index (χ0v) is 13.6. The van der Waals surface area contributed by atoms with Crippen molar-refractivity contribution in [3.63, 3.8) is 0 Å². The molecule has 2 unspecified atom stereocenters. The Kier molecular flexibility index (Phi) is 7.48. The second-order valence-corrected chi connectivity index (χ2v) is 5.76. The highest BCUT2D eigenvalue weighted by molar-refractivity contribution is 6.31. The number of rotatable bonds is 8. The first-order valence-corrected chi connectivity index (χ1v) is 8.01. The molecule has 0 aliphatic carbocycles. The summed E-state index contributed by atoms with van der Waals surface area (Å²) in [4.78, 5) is 0. The van der Waals surface area contributed by atoms with E-state index in [1.165, 1.54) is 31.2 Å². The Balaban J connectivity index is 2.93. The third kappa shape index (κ3) is 4.81. The molecule has 0 aliphatic rings. The lowest BCUT2D eigenvalue weighted by Crippen LogP contribution is -2.28. The molecular formula is C17H28ClN. The Morgan fingerprint density at radius 1 is 1.21 bits per heavy atom. The highest BCUT2D eigenvalue weighted by Crippen LogP contribution is 2.31. The highest BCUT2D eigenvalue weighted by atomic mass is 35.5. The topological polar surface area (TPSA) is 12.0 Å². The fraction of sp³-hybridized carbons (Fsp3) is 0.647. The maximum Gasteiger partial charge on any atom is 0.0438 e. The van der Waals surface area contributed by atoms with Gasteiger partial charge in [-0.1, -0.05) is 63.8 Å². The Labute approximate surface area is 123 Å². The average Bonchev–Trinajstić information content (AvgIpc) is 2.41. The highest BCUT2D eigenvalue weighted by Gasteiger charge is 2.20. The van der Waals surface area contributed by atoms with Gasteiger partial charge in [-0.3, -0.25) is 0 Å². The molecule has 1 aromatic rings. The quantitative estimate of drug-likeness (QED) is 0.662. The van der Waals surface area contributed by atoms with Crippen molar-refractivity contribution in [3.8, 4) is 0 Å². The summed E-state index contributed by atoms with van der Waals surface area (Å²) in [5, 5.41) is 4.53. The molecule has 0 heterocycles. The van der Waals surface area contributed by atoms with Crippen LogP contribution < -0.4 is 5.32 Å². The summed E-state index contributed by atoms with van der Waals surface area (Å²) < 4.78 is 0. The van der Waals surface area contributed by atoms with Crippen molar-refractivity contribution < 1.29 is 0 Å². The van der Waals surface area contributed by atoms with Gasteiger partial charge in [0.1, 0.15) is 0 Å². The van der Waals surface area contributed by atoms with Crippen LogP contribution in [0.2, 0.25) is 5.02 Å². The van der Waals surface area contributed by atoms with Crippen LogP contribution in [-0.4, -0.2) is 6.54 Å². The molecule has 1 aromatic carbocycles. The van der Waals surface area contributed by atoms with Crippen LogP contribution in [0, 0.1) is 12.8 Å². The van der Waals surface area contributed by atoms with Crippen LogP contribution >= 0.6 is 11.6 Å². The number of nitrogens with one attached hydrogen (secondary N) is 1. The molecule has 2 heteroatoms. The number of hydrogen-bond acceptors (Lipinski definition) is 1. The zero-order valence-electron chi connectivity index (χ0n) is 12.8. The number of unbranched alkanes of at least 4 members (excludes halogenated alkanes) is 1. The Morgan fingerprint density at radius 2 is 1.95 bits per heavy atom. The third-order valence-corrected chi connectivity index (χ3v) is 4.31. The molecule has 108 valence electrons. The summed E-state index contributed by atoms with van der Waals surface area (Å²) in [6.45, 7) is 9.79. The molecule has 0 fully saturated rings. The normalized spacial score (nSPS) is 14.4. The number of aryl methyl sites for hydroxylation is 1. The van der Waals surface area contributed by atoms with Gasteiger partial charge >= 0.3 is 0 Å². The SMILES string of the molecule is CCCCC(CC)C(NCC)c1ccc(C)c(Cl)c1. The van der Waals surface area contributed by atoms with Gasteiger partial charge in [-0.2, -0.15) is 0 Å². The summed E-state index contributed by atoms with van der Waals surface area (Å²) >= 11 is 6.28. The molecule has 1 rings (SSSR count). The molecule has 1 N–H and O–H groups in total.